The number of amides is 1. The molecule has 1 amide bonds. The van der Waals surface area contributed by atoms with Gasteiger partial charge in [-0.25, -0.2) is 19.2 Å². The summed E-state index contributed by atoms with van der Waals surface area (Å²) in [7, 11) is 1.57. The van der Waals surface area contributed by atoms with Crippen LogP contribution in [0.4, 0.5) is 15.0 Å². The lowest BCUT2D eigenvalue weighted by Gasteiger charge is -2.37. The lowest BCUT2D eigenvalue weighted by Crippen LogP contribution is -2.48. The van der Waals surface area contributed by atoms with E-state index in [2.05, 4.69) is 9.97 Å². The first-order chi connectivity index (χ1) is 14.3. The fourth-order valence-electron chi connectivity index (χ4n) is 3.93. The van der Waals surface area contributed by atoms with E-state index in [1.165, 1.54) is 23.1 Å². The second kappa shape index (κ2) is 8.93. The number of phenolic OH excluding ortho intramolecular Hbond substituents is 1. The molecule has 0 saturated carbocycles. The van der Waals surface area contributed by atoms with Gasteiger partial charge < -0.3 is 20.0 Å². The van der Waals surface area contributed by atoms with Crippen LogP contribution in [0.15, 0.2) is 36.4 Å². The molecule has 31 heavy (non-hydrogen) atoms. The van der Waals surface area contributed by atoms with Crippen molar-refractivity contribution in [2.24, 2.45) is 0 Å². The summed E-state index contributed by atoms with van der Waals surface area (Å²) < 4.78 is 14.5. The van der Waals surface area contributed by atoms with Crippen molar-refractivity contribution in [3.05, 3.63) is 47.8 Å². The summed E-state index contributed by atoms with van der Waals surface area (Å²) in [5, 5.41) is 20.4. The highest BCUT2D eigenvalue weighted by Gasteiger charge is 2.28. The van der Waals surface area contributed by atoms with Gasteiger partial charge in [-0.15, -0.1) is 12.4 Å². The molecule has 1 aromatic heterocycles. The minimum Gasteiger partial charge on any atom is -0.507 e. The lowest BCUT2D eigenvalue weighted by atomic mass is 10.0. The van der Waals surface area contributed by atoms with Gasteiger partial charge in [-0.3, -0.25) is 0 Å². The van der Waals surface area contributed by atoms with E-state index in [1.807, 2.05) is 30.0 Å². The Hall–Kier alpha value is -3.13. The lowest BCUT2D eigenvalue weighted by molar-refractivity contribution is 0.133. The number of carboxylic acid groups (broad SMARTS) is 1. The molecular formula is C22H24ClFN4O3. The molecule has 0 unspecified atom stereocenters. The number of aryl methyl sites for hydroxylation is 1. The van der Waals surface area contributed by atoms with Gasteiger partial charge >= 0.3 is 6.09 Å². The Morgan fingerprint density at radius 2 is 2.03 bits per heavy atom. The van der Waals surface area contributed by atoms with Gasteiger partial charge in [0.05, 0.1) is 17.1 Å². The quantitative estimate of drug-likeness (QED) is 0.617. The molecule has 0 radical (unpaired) electrons. The average Bonchev–Trinajstić information content (AvgIpc) is 2.72. The van der Waals surface area contributed by atoms with Crippen LogP contribution < -0.4 is 4.90 Å². The van der Waals surface area contributed by atoms with Crippen LogP contribution in [0.2, 0.25) is 0 Å². The Bertz CT molecular complexity index is 1110. The maximum atomic E-state index is 14.5. The second-order valence-electron chi connectivity index (χ2n) is 7.66. The summed E-state index contributed by atoms with van der Waals surface area (Å²) in [6, 6.07) is 9.70. The first-order valence-corrected chi connectivity index (χ1v) is 9.82. The number of nitrogens with zero attached hydrogens (tertiary/aromatic N) is 4. The SMILES string of the molecule is Cc1ccc2c(N3CCC[C@H](N(C)C(=O)O)C3)nc(-c3c(O)cccc3F)nc2c1.Cl. The zero-order valence-electron chi connectivity index (χ0n) is 17.2. The van der Waals surface area contributed by atoms with Gasteiger partial charge in [0, 0.05) is 25.5 Å². The Kier molecular flexibility index (Phi) is 6.50. The van der Waals surface area contributed by atoms with Crippen LogP contribution in [0.1, 0.15) is 18.4 Å². The molecular weight excluding hydrogens is 423 g/mol. The van der Waals surface area contributed by atoms with Gasteiger partial charge in [0.2, 0.25) is 0 Å². The molecule has 0 spiro atoms. The van der Waals surface area contributed by atoms with Gasteiger partial charge in [0.25, 0.3) is 0 Å². The van der Waals surface area contributed by atoms with E-state index in [4.69, 9.17) is 0 Å². The van der Waals surface area contributed by atoms with Crippen LogP contribution in [0, 0.1) is 12.7 Å². The van der Waals surface area contributed by atoms with E-state index in [-0.39, 0.29) is 35.6 Å². The van der Waals surface area contributed by atoms with Gasteiger partial charge in [0.15, 0.2) is 5.82 Å². The number of benzene rings is 2. The van der Waals surface area contributed by atoms with Crippen LogP contribution in [0.25, 0.3) is 22.3 Å². The monoisotopic (exact) mass is 446 g/mol. The minimum atomic E-state index is -0.970. The van der Waals surface area contributed by atoms with Crippen molar-refractivity contribution in [2.45, 2.75) is 25.8 Å². The number of fused-ring (bicyclic) bond motifs is 1. The molecule has 1 atom stereocenters. The van der Waals surface area contributed by atoms with Gasteiger partial charge in [-0.05, 0) is 49.6 Å². The molecule has 1 fully saturated rings. The Labute approximate surface area is 185 Å². The molecule has 1 aliphatic rings. The number of phenols is 1. The molecule has 0 bridgehead atoms. The third-order valence-electron chi connectivity index (χ3n) is 5.59. The first kappa shape index (κ1) is 22.6. The summed E-state index contributed by atoms with van der Waals surface area (Å²) >= 11 is 0. The Balaban J connectivity index is 0.00000272. The topological polar surface area (TPSA) is 89.8 Å². The fraction of sp³-hybridized carbons (Fsp3) is 0.318. The van der Waals surface area contributed by atoms with Gasteiger partial charge in [-0.2, -0.15) is 0 Å². The van der Waals surface area contributed by atoms with Crippen LogP contribution >= 0.6 is 12.4 Å². The maximum absolute atomic E-state index is 14.5. The summed E-state index contributed by atoms with van der Waals surface area (Å²) in [5.74, 6) is -0.112. The molecule has 2 N–H and O–H groups in total. The van der Waals surface area contributed by atoms with Crippen molar-refractivity contribution in [1.29, 1.82) is 0 Å². The second-order valence-corrected chi connectivity index (χ2v) is 7.66. The highest BCUT2D eigenvalue weighted by atomic mass is 35.5. The smallest absolute Gasteiger partial charge is 0.407 e. The van der Waals surface area contributed by atoms with E-state index in [9.17, 15) is 19.4 Å². The van der Waals surface area contributed by atoms with Crippen molar-refractivity contribution >= 4 is 35.2 Å². The number of carbonyl (C=O) groups is 1. The zero-order valence-corrected chi connectivity index (χ0v) is 18.1. The number of rotatable bonds is 3. The molecule has 7 nitrogen and oxygen atoms in total. The number of aromatic nitrogens is 2. The average molecular weight is 447 g/mol. The van der Waals surface area contributed by atoms with Crippen molar-refractivity contribution in [1.82, 2.24) is 14.9 Å². The van der Waals surface area contributed by atoms with Gasteiger partial charge in [0.1, 0.15) is 17.4 Å². The number of piperidine rings is 1. The third kappa shape index (κ3) is 4.34. The normalized spacial score (nSPS) is 16.1. The predicted molar refractivity (Wildman–Crippen MR) is 120 cm³/mol. The molecule has 2 heterocycles. The fourth-order valence-corrected chi connectivity index (χ4v) is 3.93. The van der Waals surface area contributed by atoms with Crippen molar-refractivity contribution in [2.75, 3.05) is 25.0 Å². The van der Waals surface area contributed by atoms with E-state index >= 15 is 0 Å². The molecule has 3 aromatic rings. The third-order valence-corrected chi connectivity index (χ3v) is 5.59. The van der Waals surface area contributed by atoms with E-state index in [1.54, 1.807) is 7.05 Å². The molecule has 0 aliphatic carbocycles. The minimum absolute atomic E-state index is 0. The summed E-state index contributed by atoms with van der Waals surface area (Å²) in [6.07, 6.45) is 0.601. The number of hydrogen-bond acceptors (Lipinski definition) is 5. The van der Waals surface area contributed by atoms with Crippen molar-refractivity contribution in [3.63, 3.8) is 0 Å². The molecule has 2 aromatic carbocycles. The molecule has 1 aliphatic heterocycles. The Morgan fingerprint density at radius 1 is 1.26 bits per heavy atom. The number of aromatic hydroxyl groups is 1. The van der Waals surface area contributed by atoms with Crippen LogP contribution in [-0.2, 0) is 0 Å². The van der Waals surface area contributed by atoms with Crippen LogP contribution in [-0.4, -0.2) is 57.4 Å². The highest BCUT2D eigenvalue weighted by Crippen LogP contribution is 2.34. The molecule has 4 rings (SSSR count). The van der Waals surface area contributed by atoms with Crippen LogP contribution in [0.5, 0.6) is 5.75 Å². The maximum Gasteiger partial charge on any atom is 0.407 e. The van der Waals surface area contributed by atoms with Crippen LogP contribution in [0.3, 0.4) is 0 Å². The predicted octanol–water partition coefficient (Wildman–Crippen LogP) is 4.45. The van der Waals surface area contributed by atoms with Crippen molar-refractivity contribution in [3.8, 4) is 17.1 Å². The Morgan fingerprint density at radius 3 is 2.74 bits per heavy atom. The number of halogens is 2. The number of hydrogen-bond donors (Lipinski definition) is 2. The van der Waals surface area contributed by atoms with E-state index in [0.717, 1.165) is 23.8 Å². The first-order valence-electron chi connectivity index (χ1n) is 9.82. The highest BCUT2D eigenvalue weighted by molar-refractivity contribution is 5.92. The molecule has 9 heteroatoms. The number of anilines is 1. The molecule has 164 valence electrons. The van der Waals surface area contributed by atoms with E-state index in [0.29, 0.717) is 24.4 Å². The zero-order chi connectivity index (χ0) is 21.4. The van der Waals surface area contributed by atoms with Crippen molar-refractivity contribution < 1.29 is 19.4 Å². The summed E-state index contributed by atoms with van der Waals surface area (Å²) in [4.78, 5) is 23.9. The summed E-state index contributed by atoms with van der Waals surface area (Å²) in [5.41, 5.74) is 1.60. The number of likely N-dealkylation sites (N-methyl/N-ethyl adjacent to an activating group) is 1. The molecule has 1 saturated heterocycles. The summed E-state index contributed by atoms with van der Waals surface area (Å²) in [6.45, 7) is 3.12. The van der Waals surface area contributed by atoms with Gasteiger partial charge in [-0.1, -0.05) is 12.1 Å². The largest absolute Gasteiger partial charge is 0.507 e. The van der Waals surface area contributed by atoms with E-state index < -0.39 is 11.9 Å². The standard InChI is InChI=1S/C22H23FN4O3.ClH/c1-13-8-9-15-17(11-13)24-20(19-16(23)6-3-7-18(19)28)25-21(15)27-10-4-5-14(12-27)26(2)22(29)30;/h3,6-9,11,14,28H,4-5,10,12H2,1-2H3,(H,29,30);1H/t14-;/m0./s1.